The molecule has 1 unspecified atom stereocenters. The van der Waals surface area contributed by atoms with Gasteiger partial charge in [-0.05, 0) is 31.5 Å². The number of benzene rings is 1. The number of aromatic nitrogens is 4. The molecule has 30 heavy (non-hydrogen) atoms. The van der Waals surface area contributed by atoms with Gasteiger partial charge in [-0.3, -0.25) is 14.3 Å². The molecule has 10 nitrogen and oxygen atoms in total. The zero-order chi connectivity index (χ0) is 21.8. The maximum absolute atomic E-state index is 12.4. The Morgan fingerprint density at radius 1 is 1.33 bits per heavy atom. The number of nitrogens with zero attached hydrogens (tertiary/aromatic N) is 4. The van der Waals surface area contributed by atoms with Crippen molar-refractivity contribution < 1.29 is 9.84 Å². The summed E-state index contributed by atoms with van der Waals surface area (Å²) in [6.07, 6.45) is 0.659. The Kier molecular flexibility index (Phi) is 6.85. The highest BCUT2D eigenvalue weighted by atomic mass is 79.9. The van der Waals surface area contributed by atoms with E-state index in [4.69, 9.17) is 4.74 Å². The van der Waals surface area contributed by atoms with E-state index in [1.165, 1.54) is 16.2 Å². The van der Waals surface area contributed by atoms with E-state index in [9.17, 15) is 14.7 Å². The van der Waals surface area contributed by atoms with Crippen LogP contribution >= 0.6 is 15.9 Å². The number of aryl methyl sites for hydroxylation is 1. The summed E-state index contributed by atoms with van der Waals surface area (Å²) in [6, 6.07) is 7.52. The molecule has 3 aromatic rings. The van der Waals surface area contributed by atoms with Gasteiger partial charge >= 0.3 is 5.69 Å². The molecule has 2 aromatic heterocycles. The first kappa shape index (κ1) is 21.9. The quantitative estimate of drug-likeness (QED) is 0.332. The van der Waals surface area contributed by atoms with E-state index < -0.39 is 17.4 Å². The number of hydrogen-bond acceptors (Lipinski definition) is 7. The zero-order valence-electron chi connectivity index (χ0n) is 16.8. The van der Waals surface area contributed by atoms with E-state index in [0.717, 1.165) is 10.0 Å². The lowest BCUT2D eigenvalue weighted by atomic mass is 10.2. The molecule has 0 aliphatic heterocycles. The molecule has 160 valence electrons. The SMILES string of the molecule is CC(C)OCC(O)Cn1c(N/N=C/c2ccc(Br)cc2)nc2c1c(=O)[nH]c(=O)n2C. The van der Waals surface area contributed by atoms with Crippen LogP contribution in [0.25, 0.3) is 11.2 Å². The molecule has 0 aliphatic carbocycles. The van der Waals surface area contributed by atoms with Gasteiger partial charge in [0.1, 0.15) is 0 Å². The van der Waals surface area contributed by atoms with E-state index in [0.29, 0.717) is 0 Å². The second-order valence-corrected chi connectivity index (χ2v) is 7.91. The Bertz CT molecular complexity index is 1160. The Balaban J connectivity index is 1.96. The molecule has 0 aliphatic rings. The van der Waals surface area contributed by atoms with Gasteiger partial charge in [-0.25, -0.2) is 10.2 Å². The average Bonchev–Trinajstić information content (AvgIpc) is 3.05. The number of anilines is 1. The van der Waals surface area contributed by atoms with Gasteiger partial charge in [-0.2, -0.15) is 10.1 Å². The van der Waals surface area contributed by atoms with Crippen LogP contribution in [-0.2, 0) is 18.3 Å². The van der Waals surface area contributed by atoms with E-state index in [2.05, 4.69) is 36.4 Å². The third kappa shape index (κ3) is 5.04. The summed E-state index contributed by atoms with van der Waals surface area (Å²) < 4.78 is 9.12. The number of H-pyrrole nitrogens is 1. The smallest absolute Gasteiger partial charge is 0.329 e. The largest absolute Gasteiger partial charge is 0.389 e. The fourth-order valence-corrected chi connectivity index (χ4v) is 3.04. The molecular formula is C19H23BrN6O4. The van der Waals surface area contributed by atoms with Crippen molar-refractivity contribution in [2.24, 2.45) is 12.1 Å². The molecule has 0 spiro atoms. The van der Waals surface area contributed by atoms with Gasteiger partial charge in [0.25, 0.3) is 5.56 Å². The average molecular weight is 479 g/mol. The van der Waals surface area contributed by atoms with Crippen LogP contribution in [0.5, 0.6) is 0 Å². The third-order valence-electron chi connectivity index (χ3n) is 4.27. The molecular weight excluding hydrogens is 456 g/mol. The molecule has 0 saturated heterocycles. The monoisotopic (exact) mass is 478 g/mol. The molecule has 0 fully saturated rings. The number of halogens is 1. The highest BCUT2D eigenvalue weighted by Crippen LogP contribution is 2.16. The van der Waals surface area contributed by atoms with Crippen LogP contribution in [0.4, 0.5) is 5.95 Å². The van der Waals surface area contributed by atoms with Crippen LogP contribution < -0.4 is 16.7 Å². The van der Waals surface area contributed by atoms with Crippen LogP contribution in [0.2, 0.25) is 0 Å². The van der Waals surface area contributed by atoms with Crippen molar-refractivity contribution in [1.82, 2.24) is 19.1 Å². The first-order valence-corrected chi connectivity index (χ1v) is 10.1. The van der Waals surface area contributed by atoms with Gasteiger partial charge in [0, 0.05) is 11.5 Å². The first-order valence-electron chi connectivity index (χ1n) is 9.30. The van der Waals surface area contributed by atoms with Gasteiger partial charge in [-0.1, -0.05) is 28.1 Å². The highest BCUT2D eigenvalue weighted by Gasteiger charge is 2.19. The number of rotatable bonds is 8. The molecule has 1 aromatic carbocycles. The number of hydrazone groups is 1. The number of imidazole rings is 1. The van der Waals surface area contributed by atoms with Gasteiger partial charge in [-0.15, -0.1) is 0 Å². The van der Waals surface area contributed by atoms with Gasteiger partial charge < -0.3 is 14.4 Å². The van der Waals surface area contributed by atoms with Crippen LogP contribution in [0.1, 0.15) is 19.4 Å². The number of ether oxygens (including phenoxy) is 1. The number of nitrogens with one attached hydrogen (secondary N) is 2. The first-order chi connectivity index (χ1) is 14.3. The van der Waals surface area contributed by atoms with Crippen LogP contribution in [0.3, 0.4) is 0 Å². The second-order valence-electron chi connectivity index (χ2n) is 6.99. The van der Waals surface area contributed by atoms with E-state index >= 15 is 0 Å². The fraction of sp³-hybridized carbons (Fsp3) is 0.368. The minimum Gasteiger partial charge on any atom is -0.389 e. The van der Waals surface area contributed by atoms with Crippen molar-refractivity contribution in [3.05, 3.63) is 55.1 Å². The Morgan fingerprint density at radius 3 is 2.70 bits per heavy atom. The molecule has 11 heteroatoms. The lowest BCUT2D eigenvalue weighted by molar-refractivity contribution is -0.000105. The molecule has 0 amide bonds. The van der Waals surface area contributed by atoms with Crippen LogP contribution in [0, 0.1) is 0 Å². The Morgan fingerprint density at radius 2 is 2.03 bits per heavy atom. The predicted molar refractivity (Wildman–Crippen MR) is 118 cm³/mol. The summed E-state index contributed by atoms with van der Waals surface area (Å²) >= 11 is 3.38. The third-order valence-corrected chi connectivity index (χ3v) is 4.80. The molecule has 2 heterocycles. The van der Waals surface area contributed by atoms with Crippen LogP contribution in [0.15, 0.2) is 43.4 Å². The van der Waals surface area contributed by atoms with Crippen molar-refractivity contribution in [2.45, 2.75) is 32.6 Å². The summed E-state index contributed by atoms with van der Waals surface area (Å²) in [5.74, 6) is 0.216. The summed E-state index contributed by atoms with van der Waals surface area (Å²) in [5, 5.41) is 14.5. The van der Waals surface area contributed by atoms with Crippen LogP contribution in [-0.4, -0.2) is 49.2 Å². The normalized spacial score (nSPS) is 12.9. The van der Waals surface area contributed by atoms with Crippen molar-refractivity contribution in [3.8, 4) is 0 Å². The standard InChI is InChI=1S/C19H23BrN6O4/c1-11(2)30-10-14(27)9-26-15-16(25(3)19(29)23-17(15)28)22-18(26)24-21-8-12-4-6-13(20)7-5-12/h4-8,11,14,27H,9-10H2,1-3H3,(H,22,24)(H,23,28,29)/b21-8+. The fourth-order valence-electron chi connectivity index (χ4n) is 2.78. The number of aliphatic hydroxyl groups excluding tert-OH is 1. The number of aromatic amines is 1. The summed E-state index contributed by atoms with van der Waals surface area (Å²) in [6.45, 7) is 3.84. The van der Waals surface area contributed by atoms with Gasteiger partial charge in [0.15, 0.2) is 11.2 Å². The van der Waals surface area contributed by atoms with Crippen molar-refractivity contribution in [3.63, 3.8) is 0 Å². The van der Waals surface area contributed by atoms with Crippen molar-refractivity contribution in [2.75, 3.05) is 12.0 Å². The van der Waals surface area contributed by atoms with Crippen molar-refractivity contribution >= 4 is 39.3 Å². The molecule has 0 saturated carbocycles. The summed E-state index contributed by atoms with van der Waals surface area (Å²) in [7, 11) is 1.51. The minimum atomic E-state index is -0.891. The maximum Gasteiger partial charge on any atom is 0.329 e. The topological polar surface area (TPSA) is 127 Å². The zero-order valence-corrected chi connectivity index (χ0v) is 18.4. The second kappa shape index (κ2) is 9.37. The number of aliphatic hydroxyl groups is 1. The number of hydrogen-bond donors (Lipinski definition) is 3. The highest BCUT2D eigenvalue weighted by molar-refractivity contribution is 9.10. The van der Waals surface area contributed by atoms with Gasteiger partial charge in [0.2, 0.25) is 5.95 Å². The Labute approximate surface area is 180 Å². The molecule has 0 bridgehead atoms. The predicted octanol–water partition coefficient (Wildman–Crippen LogP) is 1.42. The summed E-state index contributed by atoms with van der Waals surface area (Å²) in [4.78, 5) is 31.0. The van der Waals surface area contributed by atoms with E-state index in [1.54, 1.807) is 6.21 Å². The lowest BCUT2D eigenvalue weighted by Gasteiger charge is -2.15. The number of fused-ring (bicyclic) bond motifs is 1. The lowest BCUT2D eigenvalue weighted by Crippen LogP contribution is -2.30. The van der Waals surface area contributed by atoms with E-state index in [1.807, 2.05) is 38.1 Å². The van der Waals surface area contributed by atoms with Gasteiger partial charge in [0.05, 0.1) is 31.6 Å². The minimum absolute atomic E-state index is 0.0284. The maximum atomic E-state index is 12.4. The molecule has 3 rings (SSSR count). The molecule has 1 atom stereocenters. The molecule has 3 N–H and O–H groups in total. The molecule has 0 radical (unpaired) electrons. The van der Waals surface area contributed by atoms with E-state index in [-0.39, 0.29) is 36.4 Å². The summed E-state index contributed by atoms with van der Waals surface area (Å²) in [5.41, 5.74) is 2.81. The van der Waals surface area contributed by atoms with Crippen molar-refractivity contribution in [1.29, 1.82) is 0 Å². The Hall–Kier alpha value is -2.76.